The van der Waals surface area contributed by atoms with Crippen LogP contribution in [0.25, 0.3) is 10.1 Å². The topological polar surface area (TPSA) is 59.6 Å². The third kappa shape index (κ3) is 3.90. The molecule has 0 bridgehead atoms. The highest BCUT2D eigenvalue weighted by Gasteiger charge is 2.18. The molecule has 0 radical (unpaired) electrons. The molecule has 0 atom stereocenters. The summed E-state index contributed by atoms with van der Waals surface area (Å²) in [5.74, 6) is 1.03. The number of rotatable bonds is 4. The van der Waals surface area contributed by atoms with E-state index in [0.717, 1.165) is 10.1 Å². The summed E-state index contributed by atoms with van der Waals surface area (Å²) in [7, 11) is 3.17. The van der Waals surface area contributed by atoms with Gasteiger partial charge in [-0.3, -0.25) is 10.1 Å². The van der Waals surface area contributed by atoms with Gasteiger partial charge < -0.3 is 14.8 Å². The minimum Gasteiger partial charge on any atom is -0.497 e. The molecule has 0 saturated heterocycles. The zero-order chi connectivity index (χ0) is 18.7. The molecule has 1 aromatic heterocycles. The number of anilines is 1. The fourth-order valence-electron chi connectivity index (χ4n) is 2.34. The molecular formula is C18H15ClN2O3S2. The maximum atomic E-state index is 12.5. The van der Waals surface area contributed by atoms with Gasteiger partial charge in [-0.05, 0) is 42.5 Å². The van der Waals surface area contributed by atoms with Crippen LogP contribution in [-0.2, 0) is 0 Å². The van der Waals surface area contributed by atoms with E-state index in [-0.39, 0.29) is 11.0 Å². The van der Waals surface area contributed by atoms with Crippen molar-refractivity contribution < 1.29 is 14.3 Å². The number of halogens is 1. The molecule has 0 fully saturated rings. The molecule has 1 amide bonds. The van der Waals surface area contributed by atoms with Crippen molar-refractivity contribution in [2.45, 2.75) is 0 Å². The van der Waals surface area contributed by atoms with Crippen LogP contribution in [0.1, 0.15) is 9.67 Å². The maximum absolute atomic E-state index is 12.5. The first kappa shape index (κ1) is 18.4. The number of hydrogen-bond acceptors (Lipinski definition) is 5. The number of ether oxygens (including phenoxy) is 2. The number of thiocarbonyl (C=S) groups is 1. The predicted octanol–water partition coefficient (Wildman–Crippen LogP) is 4.70. The molecule has 0 aliphatic carbocycles. The molecule has 2 aromatic carbocycles. The second-order valence-corrected chi connectivity index (χ2v) is 7.09. The lowest BCUT2D eigenvalue weighted by Gasteiger charge is -2.10. The van der Waals surface area contributed by atoms with E-state index in [1.165, 1.54) is 11.3 Å². The highest BCUT2D eigenvalue weighted by Crippen LogP contribution is 2.37. The molecule has 2 N–H and O–H groups in total. The summed E-state index contributed by atoms with van der Waals surface area (Å²) in [5.41, 5.74) is 0.710. The van der Waals surface area contributed by atoms with Crippen molar-refractivity contribution in [2.75, 3.05) is 19.5 Å². The van der Waals surface area contributed by atoms with Crippen LogP contribution in [0.3, 0.4) is 0 Å². The number of thiophene rings is 1. The first-order valence-electron chi connectivity index (χ1n) is 7.54. The Kier molecular flexibility index (Phi) is 5.61. The van der Waals surface area contributed by atoms with Crippen LogP contribution in [-0.4, -0.2) is 25.2 Å². The molecule has 3 rings (SSSR count). The number of amides is 1. The van der Waals surface area contributed by atoms with E-state index in [2.05, 4.69) is 10.6 Å². The van der Waals surface area contributed by atoms with Gasteiger partial charge in [-0.15, -0.1) is 11.3 Å². The zero-order valence-corrected chi connectivity index (χ0v) is 16.3. The van der Waals surface area contributed by atoms with Crippen LogP contribution in [0.5, 0.6) is 11.5 Å². The molecule has 0 saturated carbocycles. The van der Waals surface area contributed by atoms with Gasteiger partial charge in [0, 0.05) is 21.8 Å². The van der Waals surface area contributed by atoms with E-state index in [9.17, 15) is 4.79 Å². The molecule has 5 nitrogen and oxygen atoms in total. The Morgan fingerprint density at radius 1 is 1.12 bits per heavy atom. The minimum atomic E-state index is -0.365. The number of carbonyl (C=O) groups excluding carboxylic acids is 1. The molecule has 0 unspecified atom stereocenters. The standard InChI is InChI=1S/C18H15ClN2O3S2/c1-23-11-5-3-4-10(8-11)20-18(25)21-17(22)16-15(19)13-7-6-12(24-2)9-14(13)26-16/h3-9H,1-2H3,(H2,20,21,22,25). The van der Waals surface area contributed by atoms with Crippen LogP contribution in [0.4, 0.5) is 5.69 Å². The molecule has 134 valence electrons. The van der Waals surface area contributed by atoms with Crippen molar-refractivity contribution >= 4 is 61.9 Å². The average Bonchev–Trinajstić information content (AvgIpc) is 2.97. The van der Waals surface area contributed by atoms with E-state index in [0.29, 0.717) is 27.1 Å². The first-order valence-corrected chi connectivity index (χ1v) is 9.14. The molecule has 0 aliphatic heterocycles. The van der Waals surface area contributed by atoms with E-state index in [1.807, 2.05) is 30.3 Å². The number of fused-ring (bicyclic) bond motifs is 1. The molecule has 26 heavy (non-hydrogen) atoms. The number of carbonyl (C=O) groups is 1. The quantitative estimate of drug-likeness (QED) is 0.615. The number of methoxy groups -OCH3 is 2. The second-order valence-electron chi connectivity index (χ2n) is 5.25. The predicted molar refractivity (Wildman–Crippen MR) is 110 cm³/mol. The van der Waals surface area contributed by atoms with Crippen molar-refractivity contribution in [3.63, 3.8) is 0 Å². The van der Waals surface area contributed by atoms with Crippen molar-refractivity contribution in [1.82, 2.24) is 5.32 Å². The molecule has 0 aliphatic rings. The van der Waals surface area contributed by atoms with Crippen molar-refractivity contribution in [2.24, 2.45) is 0 Å². The maximum Gasteiger partial charge on any atom is 0.269 e. The van der Waals surface area contributed by atoms with Crippen molar-refractivity contribution in [1.29, 1.82) is 0 Å². The minimum absolute atomic E-state index is 0.175. The summed E-state index contributed by atoms with van der Waals surface area (Å²) < 4.78 is 11.2. The third-order valence-corrected chi connectivity index (χ3v) is 5.46. The monoisotopic (exact) mass is 406 g/mol. The summed E-state index contributed by atoms with van der Waals surface area (Å²) in [5, 5.41) is 6.97. The normalized spacial score (nSPS) is 10.4. The molecule has 1 heterocycles. The fourth-order valence-corrected chi connectivity index (χ4v) is 3.99. The van der Waals surface area contributed by atoms with Crippen molar-refractivity contribution in [3.05, 3.63) is 52.4 Å². The van der Waals surface area contributed by atoms with Crippen molar-refractivity contribution in [3.8, 4) is 11.5 Å². The van der Waals surface area contributed by atoms with Gasteiger partial charge in [-0.25, -0.2) is 0 Å². The summed E-state index contributed by atoms with van der Waals surface area (Å²) in [6, 6.07) is 12.7. The van der Waals surface area contributed by atoms with Gasteiger partial charge in [0.15, 0.2) is 5.11 Å². The van der Waals surface area contributed by atoms with Gasteiger partial charge in [0.2, 0.25) is 0 Å². The third-order valence-electron chi connectivity index (χ3n) is 3.60. The van der Waals surface area contributed by atoms with Crippen LogP contribution >= 0.6 is 35.2 Å². The van der Waals surface area contributed by atoms with Gasteiger partial charge in [0.05, 0.1) is 19.2 Å². The van der Waals surface area contributed by atoms with Crippen LogP contribution in [0.15, 0.2) is 42.5 Å². The summed E-state index contributed by atoms with van der Waals surface area (Å²) in [6.45, 7) is 0. The van der Waals surface area contributed by atoms with Crippen LogP contribution in [0, 0.1) is 0 Å². The summed E-state index contributed by atoms with van der Waals surface area (Å²) in [6.07, 6.45) is 0. The van der Waals surface area contributed by atoms with Gasteiger partial charge in [-0.1, -0.05) is 17.7 Å². The van der Waals surface area contributed by atoms with Gasteiger partial charge in [0.25, 0.3) is 5.91 Å². The highest BCUT2D eigenvalue weighted by atomic mass is 35.5. The Balaban J connectivity index is 1.75. The lowest BCUT2D eigenvalue weighted by molar-refractivity contribution is 0.0982. The van der Waals surface area contributed by atoms with Crippen LogP contribution < -0.4 is 20.1 Å². The Labute approximate surface area is 164 Å². The Hall–Kier alpha value is -2.35. The molecule has 8 heteroatoms. The van der Waals surface area contributed by atoms with E-state index in [1.54, 1.807) is 26.4 Å². The number of benzene rings is 2. The number of nitrogens with one attached hydrogen (secondary N) is 2. The summed E-state index contributed by atoms with van der Waals surface area (Å²) in [4.78, 5) is 12.9. The average molecular weight is 407 g/mol. The first-order chi connectivity index (χ1) is 12.5. The zero-order valence-electron chi connectivity index (χ0n) is 14.0. The van der Waals surface area contributed by atoms with E-state index >= 15 is 0 Å². The van der Waals surface area contributed by atoms with Gasteiger partial charge in [-0.2, -0.15) is 0 Å². The second kappa shape index (κ2) is 7.90. The smallest absolute Gasteiger partial charge is 0.269 e. The molecule has 3 aromatic rings. The largest absolute Gasteiger partial charge is 0.497 e. The highest BCUT2D eigenvalue weighted by molar-refractivity contribution is 7.80. The molecule has 0 spiro atoms. The molecular weight excluding hydrogens is 392 g/mol. The Morgan fingerprint density at radius 3 is 2.58 bits per heavy atom. The number of hydrogen-bond donors (Lipinski definition) is 2. The van der Waals surface area contributed by atoms with E-state index in [4.69, 9.17) is 33.3 Å². The fraction of sp³-hybridized carbons (Fsp3) is 0.111. The van der Waals surface area contributed by atoms with E-state index < -0.39 is 0 Å². The lowest BCUT2D eigenvalue weighted by Crippen LogP contribution is -2.33. The Morgan fingerprint density at radius 2 is 1.85 bits per heavy atom. The SMILES string of the molecule is COc1cccc(NC(=S)NC(=O)c2sc3cc(OC)ccc3c2Cl)c1. The lowest BCUT2D eigenvalue weighted by atomic mass is 10.2. The van der Waals surface area contributed by atoms with Crippen LogP contribution in [0.2, 0.25) is 5.02 Å². The van der Waals surface area contributed by atoms with Gasteiger partial charge in [0.1, 0.15) is 16.4 Å². The Bertz CT molecular complexity index is 988. The van der Waals surface area contributed by atoms with Gasteiger partial charge >= 0.3 is 0 Å². The summed E-state index contributed by atoms with van der Waals surface area (Å²) >= 11 is 12.9.